The number of aromatic nitrogens is 3. The summed E-state index contributed by atoms with van der Waals surface area (Å²) in [6, 6.07) is 11.2. The first kappa shape index (κ1) is 18.0. The highest BCUT2D eigenvalue weighted by Gasteiger charge is 2.22. The van der Waals surface area contributed by atoms with Crippen molar-refractivity contribution in [2.75, 3.05) is 11.9 Å². The van der Waals surface area contributed by atoms with Gasteiger partial charge in [0.25, 0.3) is 5.91 Å². The second kappa shape index (κ2) is 7.72. The molecule has 0 aliphatic carbocycles. The highest BCUT2D eigenvalue weighted by Crippen LogP contribution is 2.38. The van der Waals surface area contributed by atoms with Crippen LogP contribution >= 0.6 is 0 Å². The van der Waals surface area contributed by atoms with E-state index < -0.39 is 0 Å². The van der Waals surface area contributed by atoms with Crippen molar-refractivity contribution in [3.05, 3.63) is 65.7 Å². The van der Waals surface area contributed by atoms with E-state index in [4.69, 9.17) is 9.47 Å². The second-order valence-electron chi connectivity index (χ2n) is 6.77. The molecule has 1 aliphatic rings. The number of fused-ring (bicyclic) bond motifs is 1. The van der Waals surface area contributed by atoms with Crippen LogP contribution in [0, 0.1) is 0 Å². The Morgan fingerprint density at radius 2 is 2.14 bits per heavy atom. The summed E-state index contributed by atoms with van der Waals surface area (Å²) in [4.78, 5) is 16.7. The van der Waals surface area contributed by atoms with Crippen molar-refractivity contribution in [3.63, 3.8) is 0 Å². The Hall–Kier alpha value is -3.35. The van der Waals surface area contributed by atoms with E-state index in [1.54, 1.807) is 23.1 Å². The van der Waals surface area contributed by atoms with E-state index in [0.29, 0.717) is 30.2 Å². The van der Waals surface area contributed by atoms with Crippen molar-refractivity contribution in [2.45, 2.75) is 32.9 Å². The molecule has 2 aromatic carbocycles. The Morgan fingerprint density at radius 3 is 2.86 bits per heavy atom. The number of nitrogens with zero attached hydrogens (tertiary/aromatic N) is 3. The van der Waals surface area contributed by atoms with Crippen LogP contribution in [0.1, 0.15) is 35.3 Å². The number of carbonyl (C=O) groups excluding carboxylic acids is 1. The molecular formula is C21H22N4O3. The molecule has 0 spiro atoms. The molecule has 0 fully saturated rings. The van der Waals surface area contributed by atoms with Crippen molar-refractivity contribution in [1.82, 2.24) is 14.8 Å². The summed E-state index contributed by atoms with van der Waals surface area (Å²) in [6.45, 7) is 5.08. The van der Waals surface area contributed by atoms with Gasteiger partial charge >= 0.3 is 0 Å². The molecule has 1 N–H and O–H groups in total. The zero-order valence-corrected chi connectivity index (χ0v) is 15.9. The fourth-order valence-electron chi connectivity index (χ4n) is 3.27. The number of carbonyl (C=O) groups is 1. The third kappa shape index (κ3) is 3.83. The zero-order valence-electron chi connectivity index (χ0n) is 15.9. The molecule has 0 radical (unpaired) electrons. The summed E-state index contributed by atoms with van der Waals surface area (Å²) < 4.78 is 13.3. The smallest absolute Gasteiger partial charge is 0.255 e. The van der Waals surface area contributed by atoms with Gasteiger partial charge in [0.1, 0.15) is 30.3 Å². The van der Waals surface area contributed by atoms with Gasteiger partial charge in [-0.25, -0.2) is 9.67 Å². The maximum absolute atomic E-state index is 12.7. The number of hydrogen-bond acceptors (Lipinski definition) is 5. The van der Waals surface area contributed by atoms with Crippen LogP contribution in [0.4, 0.5) is 5.69 Å². The Balaban J connectivity index is 1.51. The van der Waals surface area contributed by atoms with E-state index >= 15 is 0 Å². The topological polar surface area (TPSA) is 78.3 Å². The van der Waals surface area contributed by atoms with Crippen LogP contribution in [-0.4, -0.2) is 33.4 Å². The largest absolute Gasteiger partial charge is 0.492 e. The van der Waals surface area contributed by atoms with Gasteiger partial charge in [0.05, 0.1) is 18.8 Å². The van der Waals surface area contributed by atoms with Gasteiger partial charge in [0, 0.05) is 23.6 Å². The predicted molar refractivity (Wildman–Crippen MR) is 105 cm³/mol. The van der Waals surface area contributed by atoms with Crippen LogP contribution in [0.25, 0.3) is 0 Å². The van der Waals surface area contributed by atoms with Gasteiger partial charge in [-0.05, 0) is 37.6 Å². The van der Waals surface area contributed by atoms with Gasteiger partial charge in [-0.1, -0.05) is 12.1 Å². The standard InChI is InChI=1S/C21H22N4O3/c1-3-27-20-9-17-8-14(2)28-19(17)10-18(20)24-21(26)16-6-4-15(5-7-16)11-25-13-22-12-23-25/h4-7,9-10,12-14H,3,8,11H2,1-2H3,(H,24,26)/t14-/m0/s1. The predicted octanol–water partition coefficient (Wildman–Crippen LogP) is 3.30. The lowest BCUT2D eigenvalue weighted by molar-refractivity contribution is 0.102. The van der Waals surface area contributed by atoms with Crippen LogP contribution in [-0.2, 0) is 13.0 Å². The molecule has 0 saturated heterocycles. The van der Waals surface area contributed by atoms with Crippen LogP contribution in [0.15, 0.2) is 49.1 Å². The first-order chi connectivity index (χ1) is 13.6. The molecule has 1 amide bonds. The number of anilines is 1. The van der Waals surface area contributed by atoms with E-state index in [2.05, 4.69) is 15.4 Å². The molecular weight excluding hydrogens is 356 g/mol. The van der Waals surface area contributed by atoms with Gasteiger partial charge in [-0.15, -0.1) is 0 Å². The van der Waals surface area contributed by atoms with E-state index in [9.17, 15) is 4.79 Å². The third-order valence-corrected chi connectivity index (χ3v) is 4.57. The summed E-state index contributed by atoms with van der Waals surface area (Å²) >= 11 is 0. The molecule has 28 heavy (non-hydrogen) atoms. The maximum atomic E-state index is 12.7. The fourth-order valence-corrected chi connectivity index (χ4v) is 3.27. The van der Waals surface area contributed by atoms with E-state index in [0.717, 1.165) is 23.3 Å². The highest BCUT2D eigenvalue weighted by atomic mass is 16.5. The molecule has 1 atom stereocenters. The van der Waals surface area contributed by atoms with E-state index in [1.807, 2.05) is 38.1 Å². The number of benzene rings is 2. The molecule has 4 rings (SSSR count). The van der Waals surface area contributed by atoms with Gasteiger partial charge in [0.15, 0.2) is 0 Å². The molecule has 144 valence electrons. The molecule has 3 aromatic rings. The van der Waals surface area contributed by atoms with Gasteiger partial charge in [0.2, 0.25) is 0 Å². The van der Waals surface area contributed by atoms with E-state index in [1.165, 1.54) is 6.33 Å². The SMILES string of the molecule is CCOc1cc2c(cc1NC(=O)c1ccc(Cn3cncn3)cc1)O[C@@H](C)C2. The Morgan fingerprint density at radius 1 is 1.32 bits per heavy atom. The molecule has 0 bridgehead atoms. The quantitative estimate of drug-likeness (QED) is 0.712. The zero-order chi connectivity index (χ0) is 19.5. The lowest BCUT2D eigenvalue weighted by Crippen LogP contribution is -2.13. The van der Waals surface area contributed by atoms with E-state index in [-0.39, 0.29) is 12.0 Å². The molecule has 1 aromatic heterocycles. The molecule has 1 aliphatic heterocycles. The van der Waals surface area contributed by atoms with Crippen molar-refractivity contribution in [3.8, 4) is 11.5 Å². The summed E-state index contributed by atoms with van der Waals surface area (Å²) in [6.07, 6.45) is 4.13. The van der Waals surface area contributed by atoms with Crippen molar-refractivity contribution < 1.29 is 14.3 Å². The Labute approximate surface area is 163 Å². The average Bonchev–Trinajstić information content (AvgIpc) is 3.31. The van der Waals surface area contributed by atoms with Crippen LogP contribution in [0.2, 0.25) is 0 Å². The van der Waals surface area contributed by atoms with Crippen LogP contribution in [0.5, 0.6) is 11.5 Å². The second-order valence-corrected chi connectivity index (χ2v) is 6.77. The summed E-state index contributed by atoms with van der Waals surface area (Å²) in [7, 11) is 0. The Bertz CT molecular complexity index is 968. The minimum absolute atomic E-state index is 0.132. The van der Waals surface area contributed by atoms with Crippen molar-refractivity contribution in [2.24, 2.45) is 0 Å². The molecule has 0 unspecified atom stereocenters. The molecule has 0 saturated carbocycles. The average molecular weight is 378 g/mol. The summed E-state index contributed by atoms with van der Waals surface area (Å²) in [5, 5.41) is 7.04. The molecule has 2 heterocycles. The monoisotopic (exact) mass is 378 g/mol. The Kier molecular flexibility index (Phi) is 4.97. The summed E-state index contributed by atoms with van der Waals surface area (Å²) in [5.41, 5.74) is 3.33. The first-order valence-corrected chi connectivity index (χ1v) is 9.31. The number of nitrogens with one attached hydrogen (secondary N) is 1. The molecule has 7 nitrogen and oxygen atoms in total. The van der Waals surface area contributed by atoms with Gasteiger partial charge in [-0.3, -0.25) is 4.79 Å². The van der Waals surface area contributed by atoms with Crippen LogP contribution < -0.4 is 14.8 Å². The summed E-state index contributed by atoms with van der Waals surface area (Å²) in [5.74, 6) is 1.27. The number of rotatable bonds is 6. The third-order valence-electron chi connectivity index (χ3n) is 4.57. The maximum Gasteiger partial charge on any atom is 0.255 e. The number of amides is 1. The van der Waals surface area contributed by atoms with Crippen molar-refractivity contribution in [1.29, 1.82) is 0 Å². The van der Waals surface area contributed by atoms with Gasteiger partial charge < -0.3 is 14.8 Å². The highest BCUT2D eigenvalue weighted by molar-refractivity contribution is 6.05. The van der Waals surface area contributed by atoms with Crippen LogP contribution in [0.3, 0.4) is 0 Å². The normalized spacial score (nSPS) is 15.0. The molecule has 7 heteroatoms. The fraction of sp³-hybridized carbons (Fsp3) is 0.286. The minimum Gasteiger partial charge on any atom is -0.492 e. The lowest BCUT2D eigenvalue weighted by atomic mass is 10.1. The van der Waals surface area contributed by atoms with Crippen molar-refractivity contribution >= 4 is 11.6 Å². The minimum atomic E-state index is -0.195. The first-order valence-electron chi connectivity index (χ1n) is 9.31. The number of ether oxygens (including phenoxy) is 2. The van der Waals surface area contributed by atoms with Gasteiger partial charge in [-0.2, -0.15) is 5.10 Å². The number of hydrogen-bond donors (Lipinski definition) is 1. The lowest BCUT2D eigenvalue weighted by Gasteiger charge is -2.14.